The number of aromatic nitrogens is 2. The Bertz CT molecular complexity index is 2430. The van der Waals surface area contributed by atoms with Gasteiger partial charge in [-0.15, -0.1) is 0 Å². The lowest BCUT2D eigenvalue weighted by Gasteiger charge is -2.10. The molecule has 8 aromatic rings. The van der Waals surface area contributed by atoms with Crippen LogP contribution in [0.5, 0.6) is 0 Å². The summed E-state index contributed by atoms with van der Waals surface area (Å²) >= 11 is 0. The van der Waals surface area contributed by atoms with Gasteiger partial charge in [0.15, 0.2) is 0 Å². The molecule has 0 unspecified atom stereocenters. The monoisotopic (exact) mass is 534 g/mol. The van der Waals surface area contributed by atoms with E-state index in [1.165, 1.54) is 27.4 Å². The fourth-order valence-electron chi connectivity index (χ4n) is 6.40. The van der Waals surface area contributed by atoms with Crippen molar-refractivity contribution in [1.82, 2.24) is 9.13 Å². The van der Waals surface area contributed by atoms with E-state index >= 15 is 0 Å². The molecule has 0 aliphatic heterocycles. The van der Waals surface area contributed by atoms with Crippen LogP contribution in [0.2, 0.25) is 0 Å². The molecule has 0 aliphatic carbocycles. The fraction of sp³-hybridized carbons (Fsp3) is 0. The summed E-state index contributed by atoms with van der Waals surface area (Å²) < 4.78 is 4.52. The molecule has 2 aromatic heterocycles. The standard InChI is InChI=1S/C38H22N4/c39-23-26-17-19-29(21-27(26)24-40)42-34-14-6-4-11-31(34)33-22-25(18-20-36(33)42)30-13-8-16-37-38(30)32-12-5-7-15-35(32)41(37)28-9-2-1-3-10-28/h1-22H. The Morgan fingerprint density at radius 2 is 1.07 bits per heavy atom. The Morgan fingerprint density at radius 1 is 0.429 bits per heavy atom. The van der Waals surface area contributed by atoms with Crippen LogP contribution >= 0.6 is 0 Å². The van der Waals surface area contributed by atoms with Crippen LogP contribution in [-0.4, -0.2) is 9.13 Å². The Morgan fingerprint density at radius 3 is 1.86 bits per heavy atom. The van der Waals surface area contributed by atoms with Gasteiger partial charge in [0.25, 0.3) is 0 Å². The second kappa shape index (κ2) is 9.24. The molecule has 0 saturated heterocycles. The second-order valence-electron chi connectivity index (χ2n) is 10.4. The lowest BCUT2D eigenvalue weighted by Crippen LogP contribution is -1.96. The van der Waals surface area contributed by atoms with Crippen LogP contribution in [0.4, 0.5) is 0 Å². The highest BCUT2D eigenvalue weighted by atomic mass is 15.0. The molecule has 0 fully saturated rings. The molecular weight excluding hydrogens is 512 g/mol. The van der Waals surface area contributed by atoms with Crippen LogP contribution in [-0.2, 0) is 0 Å². The van der Waals surface area contributed by atoms with Crippen molar-refractivity contribution in [2.75, 3.05) is 0 Å². The molecule has 0 radical (unpaired) electrons. The average molecular weight is 535 g/mol. The molecular formula is C38H22N4. The SMILES string of the molecule is N#Cc1ccc(-n2c3ccccc3c3cc(-c4cccc5c4c4ccccc4n5-c4ccccc4)ccc32)cc1C#N. The van der Waals surface area contributed by atoms with Crippen molar-refractivity contribution in [3.05, 3.63) is 145 Å². The minimum absolute atomic E-state index is 0.374. The number of hydrogen-bond donors (Lipinski definition) is 0. The zero-order valence-electron chi connectivity index (χ0n) is 22.5. The number of fused-ring (bicyclic) bond motifs is 6. The first-order valence-corrected chi connectivity index (χ1v) is 13.8. The molecule has 0 spiro atoms. The van der Waals surface area contributed by atoms with Gasteiger partial charge < -0.3 is 9.13 Å². The van der Waals surface area contributed by atoms with Gasteiger partial charge in [-0.2, -0.15) is 10.5 Å². The molecule has 8 rings (SSSR count). The molecule has 4 heteroatoms. The minimum atomic E-state index is 0.374. The normalized spacial score (nSPS) is 11.3. The first kappa shape index (κ1) is 23.8. The van der Waals surface area contributed by atoms with Gasteiger partial charge in [0.1, 0.15) is 12.1 Å². The lowest BCUT2D eigenvalue weighted by molar-refractivity contribution is 1.17. The molecule has 6 aromatic carbocycles. The van der Waals surface area contributed by atoms with Crippen LogP contribution in [0.1, 0.15) is 11.1 Å². The average Bonchev–Trinajstić information content (AvgIpc) is 3.57. The topological polar surface area (TPSA) is 57.4 Å². The summed E-state index contributed by atoms with van der Waals surface area (Å²) in [5.74, 6) is 0. The Labute approximate surface area is 242 Å². The molecule has 0 saturated carbocycles. The zero-order valence-corrected chi connectivity index (χ0v) is 22.5. The number of nitrogens with zero attached hydrogens (tertiary/aromatic N) is 4. The maximum absolute atomic E-state index is 9.68. The molecule has 0 bridgehead atoms. The Kier molecular flexibility index (Phi) is 5.22. The van der Waals surface area contributed by atoms with Crippen molar-refractivity contribution < 1.29 is 0 Å². The van der Waals surface area contributed by atoms with Crippen molar-refractivity contribution in [2.24, 2.45) is 0 Å². The van der Waals surface area contributed by atoms with Crippen LogP contribution in [0.15, 0.2) is 133 Å². The van der Waals surface area contributed by atoms with Gasteiger partial charge in [0.05, 0.1) is 33.2 Å². The molecule has 0 N–H and O–H groups in total. The van der Waals surface area contributed by atoms with Gasteiger partial charge in [0, 0.05) is 32.9 Å². The molecule has 194 valence electrons. The smallest absolute Gasteiger partial charge is 0.101 e. The summed E-state index contributed by atoms with van der Waals surface area (Å²) in [6.07, 6.45) is 0. The summed E-state index contributed by atoms with van der Waals surface area (Å²) in [5, 5.41) is 23.9. The number of nitriles is 2. The predicted octanol–water partition coefficient (Wildman–Crippen LogP) is 9.29. The van der Waals surface area contributed by atoms with Crippen molar-refractivity contribution in [2.45, 2.75) is 0 Å². The zero-order chi connectivity index (χ0) is 28.2. The van der Waals surface area contributed by atoms with Gasteiger partial charge in [0.2, 0.25) is 0 Å². The van der Waals surface area contributed by atoms with Gasteiger partial charge in [-0.05, 0) is 71.8 Å². The van der Waals surface area contributed by atoms with Crippen molar-refractivity contribution in [3.8, 4) is 34.6 Å². The predicted molar refractivity (Wildman–Crippen MR) is 170 cm³/mol. The molecule has 0 aliphatic rings. The molecule has 2 heterocycles. The van der Waals surface area contributed by atoms with Gasteiger partial charge >= 0.3 is 0 Å². The van der Waals surface area contributed by atoms with Crippen molar-refractivity contribution in [3.63, 3.8) is 0 Å². The lowest BCUT2D eigenvalue weighted by atomic mass is 9.98. The van der Waals surface area contributed by atoms with E-state index in [0.717, 1.165) is 38.7 Å². The van der Waals surface area contributed by atoms with Crippen LogP contribution in [0.3, 0.4) is 0 Å². The quantitative estimate of drug-likeness (QED) is 0.227. The molecule has 4 nitrogen and oxygen atoms in total. The first-order chi connectivity index (χ1) is 20.8. The van der Waals surface area contributed by atoms with Gasteiger partial charge in [-0.1, -0.05) is 72.8 Å². The summed E-state index contributed by atoms with van der Waals surface area (Å²) in [6.45, 7) is 0. The van der Waals surface area contributed by atoms with Crippen LogP contribution < -0.4 is 0 Å². The number of rotatable bonds is 3. The largest absolute Gasteiger partial charge is 0.309 e. The van der Waals surface area contributed by atoms with E-state index < -0.39 is 0 Å². The third-order valence-corrected chi connectivity index (χ3v) is 8.20. The maximum atomic E-state index is 9.68. The summed E-state index contributed by atoms with van der Waals surface area (Å²) in [5.41, 5.74) is 9.53. The maximum Gasteiger partial charge on any atom is 0.101 e. The molecule has 42 heavy (non-hydrogen) atoms. The first-order valence-electron chi connectivity index (χ1n) is 13.8. The second-order valence-corrected chi connectivity index (χ2v) is 10.4. The highest BCUT2D eigenvalue weighted by Gasteiger charge is 2.18. The van der Waals surface area contributed by atoms with Crippen molar-refractivity contribution in [1.29, 1.82) is 10.5 Å². The number of hydrogen-bond acceptors (Lipinski definition) is 2. The van der Waals surface area contributed by atoms with Crippen LogP contribution in [0, 0.1) is 22.7 Å². The van der Waals surface area contributed by atoms with Crippen molar-refractivity contribution >= 4 is 43.6 Å². The highest BCUT2D eigenvalue weighted by molar-refractivity contribution is 6.17. The molecule has 0 atom stereocenters. The van der Waals surface area contributed by atoms with E-state index in [1.807, 2.05) is 18.2 Å². The van der Waals surface area contributed by atoms with Gasteiger partial charge in [-0.25, -0.2) is 0 Å². The van der Waals surface area contributed by atoms with Crippen LogP contribution in [0.25, 0.3) is 66.1 Å². The fourth-order valence-corrected chi connectivity index (χ4v) is 6.40. The van der Waals surface area contributed by atoms with Gasteiger partial charge in [-0.3, -0.25) is 0 Å². The number of para-hydroxylation sites is 3. The van der Waals surface area contributed by atoms with E-state index in [1.54, 1.807) is 12.1 Å². The van der Waals surface area contributed by atoms with E-state index in [4.69, 9.17) is 0 Å². The van der Waals surface area contributed by atoms with E-state index in [0.29, 0.717) is 11.1 Å². The van der Waals surface area contributed by atoms with E-state index in [9.17, 15) is 10.5 Å². The number of benzene rings is 6. The minimum Gasteiger partial charge on any atom is -0.309 e. The Hall–Kier alpha value is -6.10. The Balaban J connectivity index is 1.41. The molecule has 0 amide bonds. The summed E-state index contributed by atoms with van der Waals surface area (Å²) in [7, 11) is 0. The summed E-state index contributed by atoms with van der Waals surface area (Å²) in [4.78, 5) is 0. The third kappa shape index (κ3) is 3.40. The third-order valence-electron chi connectivity index (χ3n) is 8.20. The van der Waals surface area contributed by atoms with E-state index in [2.05, 4.69) is 124 Å². The van der Waals surface area contributed by atoms with E-state index in [-0.39, 0.29) is 0 Å². The highest BCUT2D eigenvalue weighted by Crippen LogP contribution is 2.41. The summed E-state index contributed by atoms with van der Waals surface area (Å²) in [6, 6.07) is 50.4.